The lowest BCUT2D eigenvalue weighted by Crippen LogP contribution is -2.70. The van der Waals surface area contributed by atoms with E-state index in [9.17, 15) is 0 Å². The third-order valence-corrected chi connectivity index (χ3v) is 13.3. The summed E-state index contributed by atoms with van der Waals surface area (Å²) >= 11 is 0. The second-order valence-electron chi connectivity index (χ2n) is 11.1. The topological polar surface area (TPSA) is 17.8 Å². The van der Waals surface area contributed by atoms with Gasteiger partial charge >= 0.3 is 0 Å². The Bertz CT molecular complexity index is 1590. The lowest BCUT2D eigenvalue weighted by atomic mass is 9.58. The van der Waals surface area contributed by atoms with Gasteiger partial charge in [0.2, 0.25) is 7.28 Å². The first-order valence-electron chi connectivity index (χ1n) is 15.1. The Balaban J connectivity index is 1.47. The van der Waals surface area contributed by atoms with Crippen LogP contribution in [0.3, 0.4) is 0 Å². The third kappa shape index (κ3) is 5.81. The monoisotopic (exact) mass is 560 g/mol. The quantitative estimate of drug-likeness (QED) is 0.153. The van der Waals surface area contributed by atoms with Crippen molar-refractivity contribution >= 4 is 36.6 Å². The predicted molar refractivity (Wildman–Crippen MR) is 182 cm³/mol. The minimum absolute atomic E-state index is 0.228. The summed E-state index contributed by atoms with van der Waals surface area (Å²) in [4.78, 5) is 5.00. The molecule has 0 atom stereocenters. The maximum absolute atomic E-state index is 5.00. The molecule has 0 bridgehead atoms. The number of nitrogens with zero attached hydrogens (tertiary/aromatic N) is 2. The zero-order valence-corrected chi connectivity index (χ0v) is 25.3. The molecular weight excluding hydrogens is 523 g/mol. The molecule has 0 fully saturated rings. The number of hydrogen-bond acceptors (Lipinski definition) is 1. The van der Waals surface area contributed by atoms with Gasteiger partial charge in [0.25, 0.3) is 0 Å². The molecule has 1 aromatic heterocycles. The van der Waals surface area contributed by atoms with Crippen molar-refractivity contribution < 1.29 is 0 Å². The van der Waals surface area contributed by atoms with Gasteiger partial charge < -0.3 is 4.57 Å². The van der Waals surface area contributed by atoms with E-state index in [-0.39, 0.29) is 5.82 Å². The number of hydrogen-bond donors (Lipinski definition) is 0. The highest BCUT2D eigenvalue weighted by molar-refractivity contribution is 7.10. The van der Waals surface area contributed by atoms with Crippen LogP contribution < -0.4 is 21.3 Å². The van der Waals surface area contributed by atoms with E-state index in [4.69, 9.17) is 4.98 Å². The molecule has 0 aliphatic carbocycles. The molecule has 0 N–H and O–H groups in total. The number of benzene rings is 5. The zero-order chi connectivity index (χ0) is 28.6. The summed E-state index contributed by atoms with van der Waals surface area (Å²) in [6, 6.07) is 53.7. The third-order valence-electron chi connectivity index (χ3n) is 8.52. The summed E-state index contributed by atoms with van der Waals surface area (Å²) in [6.45, 7) is 2.25. The Labute approximate surface area is 252 Å². The first kappa shape index (κ1) is 27.7. The number of rotatable bonds is 11. The maximum Gasteiger partial charge on any atom is 0.217 e. The molecule has 0 radical (unpaired) electrons. The van der Waals surface area contributed by atoms with Crippen molar-refractivity contribution in [1.82, 2.24) is 9.55 Å². The number of aryl methyl sites for hydroxylation is 1. The van der Waals surface area contributed by atoms with Crippen molar-refractivity contribution in [1.29, 1.82) is 0 Å². The van der Waals surface area contributed by atoms with Crippen LogP contribution in [0, 0.1) is 0 Å². The molecule has 5 aromatic carbocycles. The molecule has 6 aromatic rings. The fourth-order valence-corrected chi connectivity index (χ4v) is 11.0. The first-order valence-corrected chi connectivity index (χ1v) is 17.3. The van der Waals surface area contributed by atoms with Gasteiger partial charge in [0.1, 0.15) is 0 Å². The van der Waals surface area contributed by atoms with E-state index >= 15 is 0 Å². The summed E-state index contributed by atoms with van der Waals surface area (Å²) in [6.07, 6.45) is 7.34. The summed E-state index contributed by atoms with van der Waals surface area (Å²) in [5.74, 6) is 0.228. The smallest absolute Gasteiger partial charge is 0.217 e. The second kappa shape index (κ2) is 13.1. The molecule has 0 aliphatic rings. The van der Waals surface area contributed by atoms with Gasteiger partial charge in [-0.05, 0) is 44.5 Å². The molecule has 0 amide bonds. The van der Waals surface area contributed by atoms with Crippen LogP contribution in [0.2, 0.25) is 0 Å². The van der Waals surface area contributed by atoms with Crippen molar-refractivity contribution in [3.8, 4) is 0 Å². The summed E-state index contributed by atoms with van der Waals surface area (Å²) in [7, 11) is -1.65. The largest absolute Gasteiger partial charge is 0.345 e. The lowest BCUT2D eigenvalue weighted by Gasteiger charge is -2.35. The molecule has 0 aliphatic heterocycles. The number of aromatic nitrogens is 2. The van der Waals surface area contributed by atoms with Crippen LogP contribution in [0.25, 0.3) is 0 Å². The molecule has 1 heterocycles. The van der Waals surface area contributed by atoms with E-state index in [1.165, 1.54) is 32.3 Å². The van der Waals surface area contributed by atoms with Gasteiger partial charge in [-0.1, -0.05) is 159 Å². The van der Waals surface area contributed by atoms with Crippen molar-refractivity contribution in [2.24, 2.45) is 0 Å². The van der Waals surface area contributed by atoms with E-state index < -0.39 is 8.07 Å². The van der Waals surface area contributed by atoms with Crippen LogP contribution in [0.1, 0.15) is 35.9 Å². The van der Waals surface area contributed by atoms with Gasteiger partial charge in [-0.25, -0.2) is 0 Å². The first-order chi connectivity index (χ1) is 20.8. The molecule has 2 nitrogen and oxygen atoms in total. The molecule has 0 saturated carbocycles. The van der Waals surface area contributed by atoms with Crippen molar-refractivity contribution in [2.45, 2.75) is 31.8 Å². The average molecular weight is 561 g/mol. The van der Waals surface area contributed by atoms with Crippen LogP contribution in [0.5, 0.6) is 0 Å². The SMILES string of the molecule is CCCc1ccc([Si](Cn2ccnc2BC(c2ccccc2)c2ccccc2)(c2ccccc2)c2ccccc2)cc1. The Morgan fingerprint density at radius 1 is 0.619 bits per heavy atom. The molecule has 206 valence electrons. The highest BCUT2D eigenvalue weighted by atomic mass is 28.3. The van der Waals surface area contributed by atoms with Crippen LogP contribution in [0.15, 0.2) is 158 Å². The number of imidazole rings is 1. The predicted octanol–water partition coefficient (Wildman–Crippen LogP) is 5.40. The minimum atomic E-state index is -2.49. The van der Waals surface area contributed by atoms with Crippen LogP contribution >= 0.6 is 0 Å². The summed E-state index contributed by atoms with van der Waals surface area (Å²) in [5.41, 5.74) is 5.17. The van der Waals surface area contributed by atoms with E-state index in [1.54, 1.807) is 0 Å². The molecule has 0 unspecified atom stereocenters. The van der Waals surface area contributed by atoms with E-state index in [0.29, 0.717) is 0 Å². The fraction of sp³-hybridized carbons (Fsp3) is 0.132. The average Bonchev–Trinajstić information content (AvgIpc) is 3.51. The van der Waals surface area contributed by atoms with Gasteiger partial charge in [0.05, 0.1) is 5.72 Å². The molecular formula is C38H37BN2Si. The van der Waals surface area contributed by atoms with Crippen molar-refractivity contribution in [3.05, 3.63) is 175 Å². The zero-order valence-electron chi connectivity index (χ0n) is 24.3. The molecule has 6 rings (SSSR count). The van der Waals surface area contributed by atoms with Gasteiger partial charge in [0, 0.05) is 18.6 Å². The molecule has 0 saturated heterocycles. The Morgan fingerprint density at radius 2 is 1.10 bits per heavy atom. The van der Waals surface area contributed by atoms with Crippen LogP contribution in [-0.4, -0.2) is 24.9 Å². The molecule has 0 spiro atoms. The van der Waals surface area contributed by atoms with Gasteiger partial charge in [-0.3, -0.25) is 4.98 Å². The Hall–Kier alpha value is -4.41. The van der Waals surface area contributed by atoms with Gasteiger partial charge in [-0.15, -0.1) is 0 Å². The Morgan fingerprint density at radius 3 is 1.60 bits per heavy atom. The van der Waals surface area contributed by atoms with E-state index in [0.717, 1.165) is 32.0 Å². The van der Waals surface area contributed by atoms with Crippen LogP contribution in [0.4, 0.5) is 0 Å². The normalized spacial score (nSPS) is 11.5. The standard InChI is InChI=1S/C38H37BN2Si/c1-2-15-31-24-26-36(27-25-31)42(34-20-11-5-12-21-34,35-22-13-6-14-23-35)30-41-29-28-40-38(41)39-37(32-16-7-3-8-17-32)33-18-9-4-10-19-33/h3-14,16-29,37,39H,2,15,30H2,1H3. The van der Waals surface area contributed by atoms with Crippen molar-refractivity contribution in [2.75, 3.05) is 0 Å². The highest BCUT2D eigenvalue weighted by Crippen LogP contribution is 2.23. The Kier molecular flexibility index (Phi) is 8.62. The molecule has 4 heteroatoms. The van der Waals surface area contributed by atoms with Crippen LogP contribution in [-0.2, 0) is 12.6 Å². The summed E-state index contributed by atoms with van der Waals surface area (Å²) < 4.78 is 2.45. The van der Waals surface area contributed by atoms with Gasteiger partial charge in [0.15, 0.2) is 8.07 Å². The fourth-order valence-electron chi connectivity index (χ4n) is 6.37. The highest BCUT2D eigenvalue weighted by Gasteiger charge is 2.40. The van der Waals surface area contributed by atoms with Crippen molar-refractivity contribution in [3.63, 3.8) is 0 Å². The van der Waals surface area contributed by atoms with E-state index in [1.807, 2.05) is 6.20 Å². The lowest BCUT2D eigenvalue weighted by molar-refractivity contribution is 0.889. The summed E-state index contributed by atoms with van der Waals surface area (Å²) in [5, 5.41) is 4.27. The van der Waals surface area contributed by atoms with E-state index in [2.05, 4.69) is 163 Å². The minimum Gasteiger partial charge on any atom is -0.345 e. The molecule has 42 heavy (non-hydrogen) atoms. The maximum atomic E-state index is 5.00. The van der Waals surface area contributed by atoms with Gasteiger partial charge in [-0.2, -0.15) is 0 Å². The second-order valence-corrected chi connectivity index (χ2v) is 15.0.